The van der Waals surface area contributed by atoms with Gasteiger partial charge in [0.2, 0.25) is 0 Å². The van der Waals surface area contributed by atoms with Crippen molar-refractivity contribution in [3.63, 3.8) is 0 Å². The summed E-state index contributed by atoms with van der Waals surface area (Å²) in [6.45, 7) is 1.76. The first-order chi connectivity index (χ1) is 10.8. The third-order valence-electron chi connectivity index (χ3n) is 4.07. The van der Waals surface area contributed by atoms with Gasteiger partial charge in [-0.15, -0.1) is 0 Å². The highest BCUT2D eigenvalue weighted by Crippen LogP contribution is 2.33. The van der Waals surface area contributed by atoms with Crippen molar-refractivity contribution in [2.45, 2.75) is 6.54 Å². The minimum absolute atomic E-state index is 0.0703. The van der Waals surface area contributed by atoms with E-state index in [4.69, 9.17) is 0 Å². The molecule has 3 heteroatoms. The molecule has 2 heterocycles. The second-order valence-electron chi connectivity index (χ2n) is 5.43. The van der Waals surface area contributed by atoms with Crippen LogP contribution in [0.4, 0.5) is 5.82 Å². The zero-order valence-corrected chi connectivity index (χ0v) is 12.1. The number of fused-ring (bicyclic) bond motifs is 1. The van der Waals surface area contributed by atoms with Gasteiger partial charge in [-0.25, -0.2) is 0 Å². The number of carbonyl (C=O) groups excluding carboxylic acids is 1. The van der Waals surface area contributed by atoms with Crippen LogP contribution < -0.4 is 5.32 Å². The van der Waals surface area contributed by atoms with Gasteiger partial charge in [0.25, 0.3) is 0 Å². The predicted molar refractivity (Wildman–Crippen MR) is 88.2 cm³/mol. The molecule has 0 amide bonds. The van der Waals surface area contributed by atoms with Crippen molar-refractivity contribution in [1.82, 2.24) is 4.57 Å². The topological polar surface area (TPSA) is 34.0 Å². The molecule has 22 heavy (non-hydrogen) atoms. The molecule has 2 aromatic carbocycles. The van der Waals surface area contributed by atoms with E-state index in [1.54, 1.807) is 0 Å². The number of anilines is 1. The molecule has 0 fully saturated rings. The molecule has 1 N–H and O–H groups in total. The summed E-state index contributed by atoms with van der Waals surface area (Å²) >= 11 is 0. The van der Waals surface area contributed by atoms with E-state index in [-0.39, 0.29) is 5.78 Å². The summed E-state index contributed by atoms with van der Waals surface area (Å²) in [5, 5.41) is 3.35. The van der Waals surface area contributed by atoms with Crippen molar-refractivity contribution in [2.75, 3.05) is 11.9 Å². The average molecular weight is 288 g/mol. The standard InChI is InChI=1S/C19H16N2O/c22-18(15-9-5-2-6-10-15)16-13-17(14-7-3-1-4-8-14)21-12-11-20-19(16)21/h1-10,13,20H,11-12H2. The van der Waals surface area contributed by atoms with Crippen LogP contribution in [0, 0.1) is 0 Å². The summed E-state index contributed by atoms with van der Waals surface area (Å²) in [5.41, 5.74) is 3.71. The number of aromatic nitrogens is 1. The number of hydrogen-bond acceptors (Lipinski definition) is 2. The first-order valence-corrected chi connectivity index (χ1v) is 7.47. The van der Waals surface area contributed by atoms with E-state index in [1.807, 2.05) is 54.6 Å². The molecule has 1 aliphatic heterocycles. The maximum atomic E-state index is 12.8. The molecule has 0 unspecified atom stereocenters. The number of nitrogens with zero attached hydrogens (tertiary/aromatic N) is 1. The Bertz CT molecular complexity index is 819. The van der Waals surface area contributed by atoms with Gasteiger partial charge in [-0.05, 0) is 11.6 Å². The van der Waals surface area contributed by atoms with Crippen molar-refractivity contribution >= 4 is 11.6 Å². The summed E-state index contributed by atoms with van der Waals surface area (Å²) in [5.74, 6) is 1.01. The molecular formula is C19H16N2O. The average Bonchev–Trinajstić information content (AvgIpc) is 3.18. The van der Waals surface area contributed by atoms with Gasteiger partial charge in [0.1, 0.15) is 5.82 Å². The highest BCUT2D eigenvalue weighted by molar-refractivity contribution is 6.13. The molecule has 4 rings (SSSR count). The molecule has 0 saturated heterocycles. The van der Waals surface area contributed by atoms with E-state index >= 15 is 0 Å². The Morgan fingerprint density at radius 3 is 2.36 bits per heavy atom. The van der Waals surface area contributed by atoms with Crippen LogP contribution in [-0.2, 0) is 6.54 Å². The molecule has 1 aromatic heterocycles. The van der Waals surface area contributed by atoms with E-state index in [2.05, 4.69) is 22.0 Å². The Kier molecular flexibility index (Phi) is 3.04. The lowest BCUT2D eigenvalue weighted by molar-refractivity contribution is 0.103. The van der Waals surface area contributed by atoms with Crippen LogP contribution in [0.2, 0.25) is 0 Å². The van der Waals surface area contributed by atoms with Crippen LogP contribution in [-0.4, -0.2) is 16.9 Å². The Hall–Kier alpha value is -2.81. The smallest absolute Gasteiger partial charge is 0.196 e. The third kappa shape index (κ3) is 2.02. The van der Waals surface area contributed by atoms with Gasteiger partial charge >= 0.3 is 0 Å². The summed E-state index contributed by atoms with van der Waals surface area (Å²) in [6.07, 6.45) is 0. The lowest BCUT2D eigenvalue weighted by Gasteiger charge is -2.04. The van der Waals surface area contributed by atoms with Crippen LogP contribution in [0.3, 0.4) is 0 Å². The molecule has 0 bridgehead atoms. The van der Waals surface area contributed by atoms with Crippen LogP contribution in [0.1, 0.15) is 15.9 Å². The minimum Gasteiger partial charge on any atom is -0.369 e. The van der Waals surface area contributed by atoms with Gasteiger partial charge in [-0.1, -0.05) is 60.7 Å². The number of rotatable bonds is 3. The van der Waals surface area contributed by atoms with Gasteiger partial charge in [-0.3, -0.25) is 4.79 Å². The lowest BCUT2D eigenvalue weighted by Crippen LogP contribution is -2.03. The molecule has 108 valence electrons. The highest BCUT2D eigenvalue weighted by atomic mass is 16.1. The predicted octanol–water partition coefficient (Wildman–Crippen LogP) is 3.81. The number of hydrogen-bond donors (Lipinski definition) is 1. The summed E-state index contributed by atoms with van der Waals surface area (Å²) < 4.78 is 2.20. The Morgan fingerprint density at radius 1 is 0.955 bits per heavy atom. The fourth-order valence-corrected chi connectivity index (χ4v) is 3.02. The quantitative estimate of drug-likeness (QED) is 0.744. The van der Waals surface area contributed by atoms with Gasteiger partial charge in [0.15, 0.2) is 5.78 Å². The zero-order chi connectivity index (χ0) is 14.9. The minimum atomic E-state index is 0.0703. The second kappa shape index (κ2) is 5.19. The fourth-order valence-electron chi connectivity index (χ4n) is 3.02. The number of benzene rings is 2. The SMILES string of the molecule is O=C(c1ccccc1)c1cc(-c2ccccc2)n2c1NCC2. The summed E-state index contributed by atoms with van der Waals surface area (Å²) in [7, 11) is 0. The number of ketones is 1. The normalized spacial score (nSPS) is 12.7. The van der Waals surface area contributed by atoms with Gasteiger partial charge in [0.05, 0.1) is 11.3 Å². The van der Waals surface area contributed by atoms with Crippen molar-refractivity contribution in [2.24, 2.45) is 0 Å². The monoisotopic (exact) mass is 288 g/mol. The maximum absolute atomic E-state index is 12.8. The first-order valence-electron chi connectivity index (χ1n) is 7.47. The first kappa shape index (κ1) is 12.9. The molecule has 0 atom stereocenters. The van der Waals surface area contributed by atoms with Crippen molar-refractivity contribution < 1.29 is 4.79 Å². The largest absolute Gasteiger partial charge is 0.369 e. The molecule has 0 spiro atoms. The molecular weight excluding hydrogens is 272 g/mol. The Morgan fingerprint density at radius 2 is 1.64 bits per heavy atom. The van der Waals surface area contributed by atoms with Crippen LogP contribution in [0.5, 0.6) is 0 Å². The van der Waals surface area contributed by atoms with Gasteiger partial charge in [0, 0.05) is 18.7 Å². The Balaban J connectivity index is 1.84. The highest BCUT2D eigenvalue weighted by Gasteiger charge is 2.24. The molecule has 3 aromatic rings. The van der Waals surface area contributed by atoms with Crippen molar-refractivity contribution in [1.29, 1.82) is 0 Å². The van der Waals surface area contributed by atoms with E-state index in [1.165, 1.54) is 0 Å². The maximum Gasteiger partial charge on any atom is 0.196 e. The van der Waals surface area contributed by atoms with Crippen LogP contribution >= 0.6 is 0 Å². The Labute approximate surface area is 129 Å². The van der Waals surface area contributed by atoms with Crippen molar-refractivity contribution in [3.8, 4) is 11.3 Å². The zero-order valence-electron chi connectivity index (χ0n) is 12.1. The van der Waals surface area contributed by atoms with E-state index in [0.29, 0.717) is 0 Å². The number of nitrogens with one attached hydrogen (secondary N) is 1. The van der Waals surface area contributed by atoms with Gasteiger partial charge < -0.3 is 9.88 Å². The summed E-state index contributed by atoms with van der Waals surface area (Å²) in [4.78, 5) is 12.8. The fraction of sp³-hybridized carbons (Fsp3) is 0.105. The van der Waals surface area contributed by atoms with E-state index < -0.39 is 0 Å². The number of carbonyl (C=O) groups is 1. The van der Waals surface area contributed by atoms with Crippen LogP contribution in [0.25, 0.3) is 11.3 Å². The van der Waals surface area contributed by atoms with Crippen molar-refractivity contribution in [3.05, 3.63) is 77.9 Å². The summed E-state index contributed by atoms with van der Waals surface area (Å²) in [6, 6.07) is 21.7. The van der Waals surface area contributed by atoms with Crippen LogP contribution in [0.15, 0.2) is 66.7 Å². The third-order valence-corrected chi connectivity index (χ3v) is 4.07. The molecule has 0 aliphatic carbocycles. The van der Waals surface area contributed by atoms with E-state index in [9.17, 15) is 4.79 Å². The van der Waals surface area contributed by atoms with Gasteiger partial charge in [-0.2, -0.15) is 0 Å². The molecule has 0 saturated carbocycles. The van der Waals surface area contributed by atoms with E-state index in [0.717, 1.165) is 41.3 Å². The second-order valence-corrected chi connectivity index (χ2v) is 5.43. The lowest BCUT2D eigenvalue weighted by atomic mass is 10.0. The molecule has 3 nitrogen and oxygen atoms in total. The molecule has 0 radical (unpaired) electrons. The molecule has 1 aliphatic rings.